The van der Waals surface area contributed by atoms with E-state index in [1.165, 1.54) is 36.3 Å². The van der Waals surface area contributed by atoms with Gasteiger partial charge in [0.2, 0.25) is 0 Å². The molecule has 0 spiro atoms. The van der Waals surface area contributed by atoms with Gasteiger partial charge in [0.25, 0.3) is 0 Å². The van der Waals surface area contributed by atoms with E-state index in [9.17, 15) is 0 Å². The first-order chi connectivity index (χ1) is 8.83. The van der Waals surface area contributed by atoms with Gasteiger partial charge in [0.05, 0.1) is 6.10 Å². The number of nitrogens with one attached hydrogen (secondary N) is 1. The average Bonchev–Trinajstić information content (AvgIpc) is 2.42. The van der Waals surface area contributed by atoms with Crippen LogP contribution in [0.1, 0.15) is 32.6 Å². The third-order valence-corrected chi connectivity index (χ3v) is 4.51. The van der Waals surface area contributed by atoms with Crippen molar-refractivity contribution >= 4 is 17.4 Å². The van der Waals surface area contributed by atoms with Crippen molar-refractivity contribution in [3.05, 3.63) is 24.3 Å². The minimum absolute atomic E-state index is 0.475. The number of ether oxygens (including phenoxy) is 1. The number of benzene rings is 1. The maximum absolute atomic E-state index is 5.42. The number of thioether (sulfide) groups is 1. The maximum Gasteiger partial charge on any atom is 0.0572 e. The van der Waals surface area contributed by atoms with Gasteiger partial charge < -0.3 is 10.1 Å². The first-order valence-electron chi connectivity index (χ1n) is 6.84. The second-order valence-electron chi connectivity index (χ2n) is 4.78. The zero-order valence-electron chi connectivity index (χ0n) is 11.3. The number of para-hydroxylation sites is 1. The smallest absolute Gasteiger partial charge is 0.0572 e. The third-order valence-electron chi connectivity index (χ3n) is 3.55. The summed E-state index contributed by atoms with van der Waals surface area (Å²) in [6.45, 7) is 2.20. The molecule has 1 aliphatic carbocycles. The van der Waals surface area contributed by atoms with Crippen molar-refractivity contribution in [3.63, 3.8) is 0 Å². The fraction of sp³-hybridized carbons (Fsp3) is 0.600. The van der Waals surface area contributed by atoms with Crippen LogP contribution in [-0.2, 0) is 4.74 Å². The lowest BCUT2D eigenvalue weighted by Crippen LogP contribution is -2.29. The molecule has 0 saturated heterocycles. The molecule has 1 aliphatic rings. The Morgan fingerprint density at radius 2 is 1.94 bits per heavy atom. The summed E-state index contributed by atoms with van der Waals surface area (Å²) in [6, 6.07) is 9.24. The predicted octanol–water partition coefficient (Wildman–Crippen LogP) is 4.17. The molecule has 1 aromatic rings. The van der Waals surface area contributed by atoms with Gasteiger partial charge in [-0.15, -0.1) is 11.8 Å². The highest BCUT2D eigenvalue weighted by Gasteiger charge is 2.21. The minimum atomic E-state index is 0.475. The lowest BCUT2D eigenvalue weighted by molar-refractivity contribution is 0.0681. The molecule has 1 fully saturated rings. The Morgan fingerprint density at radius 3 is 2.61 bits per heavy atom. The SMILES string of the molecule is CCSc1ccccc1NC1CCC(OC)CC1. The fourth-order valence-corrected chi connectivity index (χ4v) is 3.30. The third kappa shape index (κ3) is 3.66. The molecule has 2 nitrogen and oxygen atoms in total. The van der Waals surface area contributed by atoms with E-state index in [1.807, 2.05) is 18.9 Å². The van der Waals surface area contributed by atoms with E-state index in [1.54, 1.807) is 0 Å². The summed E-state index contributed by atoms with van der Waals surface area (Å²) < 4.78 is 5.42. The topological polar surface area (TPSA) is 21.3 Å². The Morgan fingerprint density at radius 1 is 1.22 bits per heavy atom. The van der Waals surface area contributed by atoms with E-state index in [-0.39, 0.29) is 0 Å². The van der Waals surface area contributed by atoms with E-state index >= 15 is 0 Å². The van der Waals surface area contributed by atoms with Crippen molar-refractivity contribution in [3.8, 4) is 0 Å². The van der Waals surface area contributed by atoms with Gasteiger partial charge in [0.1, 0.15) is 0 Å². The van der Waals surface area contributed by atoms with Crippen LogP contribution < -0.4 is 5.32 Å². The van der Waals surface area contributed by atoms with Gasteiger partial charge in [-0.05, 0) is 43.6 Å². The molecule has 1 saturated carbocycles. The van der Waals surface area contributed by atoms with Gasteiger partial charge in [-0.2, -0.15) is 0 Å². The van der Waals surface area contributed by atoms with Crippen LogP contribution in [0, 0.1) is 0 Å². The molecule has 0 atom stereocenters. The normalized spacial score (nSPS) is 23.9. The Hall–Kier alpha value is -0.670. The number of methoxy groups -OCH3 is 1. The summed E-state index contributed by atoms with van der Waals surface area (Å²) in [7, 11) is 1.83. The molecule has 0 unspecified atom stereocenters. The summed E-state index contributed by atoms with van der Waals surface area (Å²) in [5.41, 5.74) is 1.30. The quantitative estimate of drug-likeness (QED) is 0.807. The van der Waals surface area contributed by atoms with Gasteiger partial charge in [0, 0.05) is 23.7 Å². The monoisotopic (exact) mass is 265 g/mol. The first-order valence-corrected chi connectivity index (χ1v) is 7.83. The number of rotatable bonds is 5. The van der Waals surface area contributed by atoms with E-state index < -0.39 is 0 Å². The highest BCUT2D eigenvalue weighted by Crippen LogP contribution is 2.30. The standard InChI is InChI=1S/C15H23NOS/c1-3-18-15-7-5-4-6-14(15)16-12-8-10-13(17-2)11-9-12/h4-7,12-13,16H,3,8-11H2,1-2H3. The summed E-state index contributed by atoms with van der Waals surface area (Å²) in [5, 5.41) is 3.70. The summed E-state index contributed by atoms with van der Waals surface area (Å²) in [4.78, 5) is 1.37. The van der Waals surface area contributed by atoms with Crippen LogP contribution in [0.2, 0.25) is 0 Å². The highest BCUT2D eigenvalue weighted by molar-refractivity contribution is 7.99. The number of hydrogen-bond acceptors (Lipinski definition) is 3. The van der Waals surface area contributed by atoms with Gasteiger partial charge in [-0.25, -0.2) is 0 Å². The molecular formula is C15H23NOS. The number of anilines is 1. The van der Waals surface area contributed by atoms with E-state index in [2.05, 4.69) is 36.5 Å². The van der Waals surface area contributed by atoms with Crippen LogP contribution in [-0.4, -0.2) is 25.0 Å². The van der Waals surface area contributed by atoms with Crippen molar-refractivity contribution in [1.29, 1.82) is 0 Å². The molecule has 0 aromatic heterocycles. The van der Waals surface area contributed by atoms with Gasteiger partial charge in [-0.3, -0.25) is 0 Å². The Labute approximate surface area is 114 Å². The van der Waals surface area contributed by atoms with Crippen molar-refractivity contribution in [2.75, 3.05) is 18.2 Å². The van der Waals surface area contributed by atoms with Gasteiger partial charge >= 0.3 is 0 Å². The fourth-order valence-electron chi connectivity index (χ4n) is 2.53. The number of hydrogen-bond donors (Lipinski definition) is 1. The van der Waals surface area contributed by atoms with Crippen molar-refractivity contribution in [2.45, 2.75) is 49.6 Å². The zero-order valence-corrected chi connectivity index (χ0v) is 12.1. The molecule has 0 radical (unpaired) electrons. The molecule has 0 heterocycles. The predicted molar refractivity (Wildman–Crippen MR) is 79.5 cm³/mol. The minimum Gasteiger partial charge on any atom is -0.381 e. The highest BCUT2D eigenvalue weighted by atomic mass is 32.2. The van der Waals surface area contributed by atoms with Crippen molar-refractivity contribution in [2.24, 2.45) is 0 Å². The molecule has 1 aromatic carbocycles. The lowest BCUT2D eigenvalue weighted by atomic mass is 9.93. The van der Waals surface area contributed by atoms with Crippen LogP contribution in [0.5, 0.6) is 0 Å². The Bertz CT molecular complexity index is 361. The Kier molecular flexibility index (Phi) is 5.39. The second kappa shape index (κ2) is 7.05. The average molecular weight is 265 g/mol. The van der Waals surface area contributed by atoms with Crippen LogP contribution in [0.4, 0.5) is 5.69 Å². The summed E-state index contributed by atoms with van der Waals surface area (Å²) >= 11 is 1.91. The zero-order chi connectivity index (χ0) is 12.8. The lowest BCUT2D eigenvalue weighted by Gasteiger charge is -2.29. The molecule has 3 heteroatoms. The molecule has 0 amide bonds. The molecule has 100 valence electrons. The molecule has 2 rings (SSSR count). The second-order valence-corrected chi connectivity index (χ2v) is 6.09. The van der Waals surface area contributed by atoms with Crippen molar-refractivity contribution < 1.29 is 4.74 Å². The van der Waals surface area contributed by atoms with E-state index in [0.29, 0.717) is 12.1 Å². The summed E-state index contributed by atoms with van der Waals surface area (Å²) in [5.74, 6) is 1.12. The maximum atomic E-state index is 5.42. The molecular weight excluding hydrogens is 242 g/mol. The van der Waals surface area contributed by atoms with Crippen LogP contribution in [0.25, 0.3) is 0 Å². The van der Waals surface area contributed by atoms with Crippen molar-refractivity contribution in [1.82, 2.24) is 0 Å². The molecule has 0 aliphatic heterocycles. The largest absolute Gasteiger partial charge is 0.381 e. The molecule has 1 N–H and O–H groups in total. The van der Waals surface area contributed by atoms with Crippen LogP contribution >= 0.6 is 11.8 Å². The van der Waals surface area contributed by atoms with Crippen LogP contribution in [0.3, 0.4) is 0 Å². The summed E-state index contributed by atoms with van der Waals surface area (Å²) in [6.07, 6.45) is 5.25. The van der Waals surface area contributed by atoms with Gasteiger partial charge in [-0.1, -0.05) is 19.1 Å². The molecule has 0 bridgehead atoms. The van der Waals surface area contributed by atoms with Crippen LogP contribution in [0.15, 0.2) is 29.2 Å². The van der Waals surface area contributed by atoms with E-state index in [4.69, 9.17) is 4.74 Å². The Balaban J connectivity index is 1.93. The van der Waals surface area contributed by atoms with Gasteiger partial charge in [0.15, 0.2) is 0 Å². The molecule has 18 heavy (non-hydrogen) atoms. The first kappa shape index (κ1) is 13.8. The van der Waals surface area contributed by atoms with E-state index in [0.717, 1.165) is 5.75 Å².